The van der Waals surface area contributed by atoms with Crippen LogP contribution < -0.4 is 10.9 Å². The van der Waals surface area contributed by atoms with E-state index < -0.39 is 17.9 Å². The highest BCUT2D eigenvalue weighted by atomic mass is 16.4. The molecule has 1 amide bonds. The van der Waals surface area contributed by atoms with Crippen LogP contribution in [0, 0.1) is 12.8 Å². The van der Waals surface area contributed by atoms with Gasteiger partial charge in [-0.2, -0.15) is 0 Å². The highest BCUT2D eigenvalue weighted by Crippen LogP contribution is 2.09. The normalized spacial score (nSPS) is 13.7. The van der Waals surface area contributed by atoms with Crippen LogP contribution >= 0.6 is 0 Å². The van der Waals surface area contributed by atoms with Crippen molar-refractivity contribution >= 4 is 17.5 Å². The molecule has 8 heteroatoms. The van der Waals surface area contributed by atoms with Crippen molar-refractivity contribution in [3.05, 3.63) is 33.9 Å². The monoisotopic (exact) mass is 320 g/mol. The number of carbonyl (C=O) groups is 2. The van der Waals surface area contributed by atoms with Gasteiger partial charge >= 0.3 is 5.97 Å². The molecule has 0 aliphatic carbocycles. The number of rotatable bonds is 6. The summed E-state index contributed by atoms with van der Waals surface area (Å²) >= 11 is 0. The van der Waals surface area contributed by atoms with Gasteiger partial charge in [0.15, 0.2) is 5.65 Å². The molecule has 2 aromatic heterocycles. The van der Waals surface area contributed by atoms with Gasteiger partial charge in [-0.05, 0) is 12.8 Å². The summed E-state index contributed by atoms with van der Waals surface area (Å²) in [6.45, 7) is 5.26. The van der Waals surface area contributed by atoms with Crippen LogP contribution in [0.25, 0.3) is 5.65 Å². The Morgan fingerprint density at radius 2 is 2.17 bits per heavy atom. The Kier molecular flexibility index (Phi) is 4.83. The standard InChI is InChI=1S/C15H20N4O4/c1-4-8(2)13(15(22)23)18-12(20)7-10-9(3)17-11-5-6-16-19(11)14(10)21/h5-6,8,13,16H,4,7H2,1-3H3,(H,18,20)(H,22,23). The topological polar surface area (TPSA) is 117 Å². The average molecular weight is 320 g/mol. The molecule has 0 radical (unpaired) electrons. The van der Waals surface area contributed by atoms with E-state index in [1.54, 1.807) is 26.1 Å². The first-order valence-electron chi connectivity index (χ1n) is 7.43. The summed E-state index contributed by atoms with van der Waals surface area (Å²) < 4.78 is 1.25. The summed E-state index contributed by atoms with van der Waals surface area (Å²) in [5.41, 5.74) is 0.818. The number of aromatic amines is 1. The van der Waals surface area contributed by atoms with Crippen molar-refractivity contribution in [2.75, 3.05) is 0 Å². The molecular formula is C15H20N4O4. The number of H-pyrrole nitrogens is 1. The zero-order chi connectivity index (χ0) is 17.1. The molecule has 0 bridgehead atoms. The number of aliphatic carboxylic acids is 1. The molecule has 2 aromatic rings. The second kappa shape index (κ2) is 6.64. The van der Waals surface area contributed by atoms with Crippen molar-refractivity contribution < 1.29 is 14.7 Å². The predicted molar refractivity (Wildman–Crippen MR) is 83.3 cm³/mol. The Morgan fingerprint density at radius 3 is 2.78 bits per heavy atom. The van der Waals surface area contributed by atoms with Crippen molar-refractivity contribution in [3.8, 4) is 0 Å². The van der Waals surface area contributed by atoms with E-state index in [9.17, 15) is 19.5 Å². The third-order valence-corrected chi connectivity index (χ3v) is 3.98. The maximum atomic E-state index is 12.4. The van der Waals surface area contributed by atoms with Crippen LogP contribution in [-0.4, -0.2) is 37.6 Å². The van der Waals surface area contributed by atoms with Gasteiger partial charge in [0.2, 0.25) is 5.91 Å². The lowest BCUT2D eigenvalue weighted by molar-refractivity contribution is -0.143. The number of carboxylic acids is 1. The number of carboxylic acid groups (broad SMARTS) is 1. The van der Waals surface area contributed by atoms with E-state index in [1.165, 1.54) is 4.52 Å². The van der Waals surface area contributed by atoms with Crippen LogP contribution in [0.1, 0.15) is 31.5 Å². The number of aryl methyl sites for hydroxylation is 1. The summed E-state index contributed by atoms with van der Waals surface area (Å²) in [4.78, 5) is 40.0. The molecule has 3 N–H and O–H groups in total. The molecule has 2 atom stereocenters. The van der Waals surface area contributed by atoms with Gasteiger partial charge in [-0.1, -0.05) is 20.3 Å². The van der Waals surface area contributed by atoms with Crippen LogP contribution in [0.4, 0.5) is 0 Å². The molecular weight excluding hydrogens is 300 g/mol. The van der Waals surface area contributed by atoms with Crippen LogP contribution in [-0.2, 0) is 16.0 Å². The zero-order valence-electron chi connectivity index (χ0n) is 13.3. The highest BCUT2D eigenvalue weighted by Gasteiger charge is 2.26. The largest absolute Gasteiger partial charge is 0.480 e. The smallest absolute Gasteiger partial charge is 0.326 e. The van der Waals surface area contributed by atoms with Crippen LogP contribution in [0.15, 0.2) is 17.1 Å². The second-order valence-corrected chi connectivity index (χ2v) is 5.58. The summed E-state index contributed by atoms with van der Waals surface area (Å²) in [6, 6.07) is 0.680. The van der Waals surface area contributed by atoms with Gasteiger partial charge in [0.05, 0.1) is 6.42 Å². The molecule has 2 heterocycles. The fourth-order valence-electron chi connectivity index (χ4n) is 2.38. The number of nitrogens with one attached hydrogen (secondary N) is 2. The molecule has 23 heavy (non-hydrogen) atoms. The molecule has 0 fully saturated rings. The van der Waals surface area contributed by atoms with Crippen LogP contribution in [0.5, 0.6) is 0 Å². The molecule has 0 aromatic carbocycles. The maximum absolute atomic E-state index is 12.4. The Morgan fingerprint density at radius 1 is 1.48 bits per heavy atom. The number of hydrogen-bond donors (Lipinski definition) is 3. The Balaban J connectivity index is 2.23. The number of hydrogen-bond acceptors (Lipinski definition) is 4. The van der Waals surface area contributed by atoms with Crippen molar-refractivity contribution in [3.63, 3.8) is 0 Å². The minimum absolute atomic E-state index is 0.206. The minimum atomic E-state index is -1.08. The quantitative estimate of drug-likeness (QED) is 0.716. The fraction of sp³-hybridized carbons (Fsp3) is 0.467. The molecule has 124 valence electrons. The first-order valence-corrected chi connectivity index (χ1v) is 7.43. The van der Waals surface area contributed by atoms with Crippen molar-refractivity contribution in [1.82, 2.24) is 19.9 Å². The minimum Gasteiger partial charge on any atom is -0.480 e. The molecule has 2 rings (SSSR count). The summed E-state index contributed by atoms with van der Waals surface area (Å²) in [5.74, 6) is -1.80. The van der Waals surface area contributed by atoms with E-state index in [0.717, 1.165) is 0 Å². The Labute approximate surface area is 132 Å². The Bertz CT molecular complexity index is 792. The lowest BCUT2D eigenvalue weighted by atomic mass is 9.99. The number of carbonyl (C=O) groups excluding carboxylic acids is 1. The summed E-state index contributed by atoms with van der Waals surface area (Å²) in [7, 11) is 0. The summed E-state index contributed by atoms with van der Waals surface area (Å²) in [6.07, 6.45) is 1.99. The lowest BCUT2D eigenvalue weighted by Crippen LogP contribution is -2.46. The molecule has 0 spiro atoms. The lowest BCUT2D eigenvalue weighted by Gasteiger charge is -2.20. The number of fused-ring (bicyclic) bond motifs is 1. The van der Waals surface area contributed by atoms with Gasteiger partial charge in [-0.15, -0.1) is 0 Å². The van der Waals surface area contributed by atoms with E-state index in [2.05, 4.69) is 15.4 Å². The molecule has 0 saturated heterocycles. The van der Waals surface area contributed by atoms with Crippen LogP contribution in [0.2, 0.25) is 0 Å². The third-order valence-electron chi connectivity index (χ3n) is 3.98. The Hall–Kier alpha value is -2.64. The highest BCUT2D eigenvalue weighted by molar-refractivity contribution is 5.85. The number of aromatic nitrogens is 3. The fourth-order valence-corrected chi connectivity index (χ4v) is 2.38. The predicted octanol–water partition coefficient (Wildman–Crippen LogP) is 0.489. The van der Waals surface area contributed by atoms with E-state index in [-0.39, 0.29) is 23.5 Å². The van der Waals surface area contributed by atoms with Gasteiger partial charge in [0, 0.05) is 23.5 Å². The van der Waals surface area contributed by atoms with E-state index in [4.69, 9.17) is 0 Å². The van der Waals surface area contributed by atoms with E-state index >= 15 is 0 Å². The first-order chi connectivity index (χ1) is 10.8. The average Bonchev–Trinajstić information content (AvgIpc) is 2.96. The van der Waals surface area contributed by atoms with Crippen molar-refractivity contribution in [1.29, 1.82) is 0 Å². The molecule has 0 aliphatic rings. The third kappa shape index (κ3) is 3.41. The van der Waals surface area contributed by atoms with E-state index in [0.29, 0.717) is 17.8 Å². The maximum Gasteiger partial charge on any atom is 0.326 e. The molecule has 0 aliphatic heterocycles. The molecule has 0 saturated carbocycles. The van der Waals surface area contributed by atoms with E-state index in [1.807, 2.05) is 6.92 Å². The zero-order valence-corrected chi connectivity index (χ0v) is 13.3. The second-order valence-electron chi connectivity index (χ2n) is 5.58. The van der Waals surface area contributed by atoms with Gasteiger partial charge < -0.3 is 10.4 Å². The van der Waals surface area contributed by atoms with Crippen molar-refractivity contribution in [2.24, 2.45) is 5.92 Å². The number of amides is 1. The van der Waals surface area contributed by atoms with Gasteiger partial charge in [0.25, 0.3) is 5.56 Å². The molecule has 8 nitrogen and oxygen atoms in total. The van der Waals surface area contributed by atoms with Gasteiger partial charge in [-0.25, -0.2) is 14.3 Å². The number of nitrogens with zero attached hydrogens (tertiary/aromatic N) is 2. The SMILES string of the molecule is CCC(C)C(NC(=O)Cc1c(C)nc2cc[nH]n2c1=O)C(=O)O. The first kappa shape index (κ1) is 16.7. The van der Waals surface area contributed by atoms with Crippen molar-refractivity contribution in [2.45, 2.75) is 39.7 Å². The summed E-state index contributed by atoms with van der Waals surface area (Å²) in [5, 5.41) is 14.4. The molecule has 2 unspecified atom stereocenters. The van der Waals surface area contributed by atoms with Gasteiger partial charge in [-0.3, -0.25) is 14.7 Å². The van der Waals surface area contributed by atoms with Gasteiger partial charge in [0.1, 0.15) is 6.04 Å². The van der Waals surface area contributed by atoms with Crippen LogP contribution in [0.3, 0.4) is 0 Å².